The van der Waals surface area contributed by atoms with Gasteiger partial charge in [0.15, 0.2) is 0 Å². The van der Waals surface area contributed by atoms with Crippen molar-refractivity contribution in [1.29, 1.82) is 0 Å². The molecule has 0 bridgehead atoms. The number of rotatable bonds is 2. The smallest absolute Gasteiger partial charge is 0.277 e. The molecule has 3 nitrogen and oxygen atoms in total. The molecular formula is C9H14F3NO2. The number of hydrogen-bond acceptors (Lipinski definition) is 2. The second-order valence-corrected chi connectivity index (χ2v) is 3.77. The number of carbonyl (C=O) groups excluding carboxylic acids is 1. The molecule has 0 aromatic heterocycles. The van der Waals surface area contributed by atoms with Gasteiger partial charge in [-0.1, -0.05) is 6.42 Å². The molecule has 2 unspecified atom stereocenters. The quantitative estimate of drug-likeness (QED) is 0.730. The lowest BCUT2D eigenvalue weighted by atomic mass is 9.81. The van der Waals surface area contributed by atoms with Crippen LogP contribution in [0.1, 0.15) is 25.7 Å². The first-order valence-corrected chi connectivity index (χ1v) is 4.84. The van der Waals surface area contributed by atoms with Crippen LogP contribution in [0.2, 0.25) is 0 Å². The maximum Gasteiger partial charge on any atom is 0.391 e. The van der Waals surface area contributed by atoms with Crippen LogP contribution in [-0.4, -0.2) is 19.2 Å². The minimum Gasteiger partial charge on any atom is -0.277 e. The lowest BCUT2D eigenvalue weighted by Crippen LogP contribution is -2.36. The summed E-state index contributed by atoms with van der Waals surface area (Å²) in [5.41, 5.74) is 2.08. The monoisotopic (exact) mass is 225 g/mol. The van der Waals surface area contributed by atoms with Crippen molar-refractivity contribution in [3.05, 3.63) is 0 Å². The van der Waals surface area contributed by atoms with Crippen LogP contribution >= 0.6 is 0 Å². The predicted molar refractivity (Wildman–Crippen MR) is 46.7 cm³/mol. The lowest BCUT2D eigenvalue weighted by molar-refractivity contribution is -0.187. The highest BCUT2D eigenvalue weighted by Gasteiger charge is 2.43. The Morgan fingerprint density at radius 3 is 2.60 bits per heavy atom. The average molecular weight is 225 g/mol. The highest BCUT2D eigenvalue weighted by atomic mass is 19.4. The van der Waals surface area contributed by atoms with Crippen molar-refractivity contribution in [3.8, 4) is 0 Å². The van der Waals surface area contributed by atoms with Crippen molar-refractivity contribution in [2.24, 2.45) is 11.8 Å². The molecule has 1 saturated carbocycles. The van der Waals surface area contributed by atoms with Gasteiger partial charge in [0, 0.05) is 5.92 Å². The Hall–Kier alpha value is -0.780. The van der Waals surface area contributed by atoms with Gasteiger partial charge in [0.25, 0.3) is 0 Å². The number of nitrogens with one attached hydrogen (secondary N) is 1. The van der Waals surface area contributed by atoms with Gasteiger partial charge in [-0.05, 0) is 19.3 Å². The van der Waals surface area contributed by atoms with E-state index in [9.17, 15) is 18.0 Å². The molecular weight excluding hydrogens is 211 g/mol. The molecule has 0 aromatic rings. The summed E-state index contributed by atoms with van der Waals surface area (Å²) in [5, 5.41) is 0. The molecule has 0 spiro atoms. The van der Waals surface area contributed by atoms with Gasteiger partial charge >= 0.3 is 6.18 Å². The number of hydrogen-bond donors (Lipinski definition) is 1. The van der Waals surface area contributed by atoms with E-state index >= 15 is 0 Å². The molecule has 0 aliphatic heterocycles. The number of carbonyl (C=O) groups is 1. The Labute approximate surface area is 85.9 Å². The summed E-state index contributed by atoms with van der Waals surface area (Å²) in [6.07, 6.45) is -3.25. The summed E-state index contributed by atoms with van der Waals surface area (Å²) in [6.45, 7) is 0. The Morgan fingerprint density at radius 2 is 2.07 bits per heavy atom. The van der Waals surface area contributed by atoms with Crippen molar-refractivity contribution in [2.75, 3.05) is 7.11 Å². The van der Waals surface area contributed by atoms with Crippen LogP contribution in [0.4, 0.5) is 13.2 Å². The third kappa shape index (κ3) is 3.37. The second-order valence-electron chi connectivity index (χ2n) is 3.77. The first kappa shape index (κ1) is 12.3. The van der Waals surface area contributed by atoms with E-state index in [2.05, 4.69) is 10.3 Å². The van der Waals surface area contributed by atoms with Gasteiger partial charge in [0.05, 0.1) is 13.0 Å². The fourth-order valence-corrected chi connectivity index (χ4v) is 1.91. The van der Waals surface area contributed by atoms with Gasteiger partial charge in [-0.15, -0.1) is 0 Å². The maximum atomic E-state index is 12.4. The number of halogens is 3. The minimum absolute atomic E-state index is 0.125. The average Bonchev–Trinajstić information content (AvgIpc) is 2.17. The third-order valence-electron chi connectivity index (χ3n) is 2.71. The predicted octanol–water partition coefficient (Wildman–Crippen LogP) is 2.03. The van der Waals surface area contributed by atoms with Gasteiger partial charge < -0.3 is 0 Å². The lowest BCUT2D eigenvalue weighted by Gasteiger charge is -2.29. The minimum atomic E-state index is -4.19. The van der Waals surface area contributed by atoms with Crippen LogP contribution in [0.3, 0.4) is 0 Å². The Bertz CT molecular complexity index is 230. The number of hydroxylamine groups is 1. The molecule has 88 valence electrons. The van der Waals surface area contributed by atoms with Crippen molar-refractivity contribution in [3.63, 3.8) is 0 Å². The molecule has 0 aromatic carbocycles. The zero-order chi connectivity index (χ0) is 11.5. The summed E-state index contributed by atoms with van der Waals surface area (Å²) < 4.78 is 37.2. The molecule has 1 aliphatic carbocycles. The van der Waals surface area contributed by atoms with Gasteiger partial charge in [-0.3, -0.25) is 9.63 Å². The Balaban J connectivity index is 2.52. The zero-order valence-electron chi connectivity index (χ0n) is 8.43. The van der Waals surface area contributed by atoms with Gasteiger partial charge in [0.2, 0.25) is 5.91 Å². The fourth-order valence-electron chi connectivity index (χ4n) is 1.91. The van der Waals surface area contributed by atoms with Crippen LogP contribution in [-0.2, 0) is 9.63 Å². The molecule has 2 atom stereocenters. The van der Waals surface area contributed by atoms with Crippen LogP contribution in [0, 0.1) is 11.8 Å². The molecule has 0 heterocycles. The third-order valence-corrected chi connectivity index (χ3v) is 2.71. The van der Waals surface area contributed by atoms with Crippen molar-refractivity contribution < 1.29 is 22.8 Å². The first-order valence-electron chi connectivity index (χ1n) is 4.84. The van der Waals surface area contributed by atoms with Crippen LogP contribution in [0.25, 0.3) is 0 Å². The van der Waals surface area contributed by atoms with E-state index in [-0.39, 0.29) is 12.8 Å². The molecule has 0 radical (unpaired) electrons. The van der Waals surface area contributed by atoms with Crippen molar-refractivity contribution in [2.45, 2.75) is 31.9 Å². The Morgan fingerprint density at radius 1 is 1.40 bits per heavy atom. The summed E-state index contributed by atoms with van der Waals surface area (Å²) in [6, 6.07) is 0. The molecule has 6 heteroatoms. The molecule has 1 N–H and O–H groups in total. The first-order chi connectivity index (χ1) is 6.95. The second kappa shape index (κ2) is 4.83. The topological polar surface area (TPSA) is 38.3 Å². The summed E-state index contributed by atoms with van der Waals surface area (Å²) in [5.74, 6) is -2.38. The molecule has 1 fully saturated rings. The summed E-state index contributed by atoms with van der Waals surface area (Å²) >= 11 is 0. The van der Waals surface area contributed by atoms with Crippen LogP contribution in [0.15, 0.2) is 0 Å². The molecule has 15 heavy (non-hydrogen) atoms. The number of amides is 1. The van der Waals surface area contributed by atoms with E-state index in [4.69, 9.17) is 0 Å². The van der Waals surface area contributed by atoms with Crippen molar-refractivity contribution in [1.82, 2.24) is 5.48 Å². The van der Waals surface area contributed by atoms with Gasteiger partial charge in [-0.2, -0.15) is 13.2 Å². The van der Waals surface area contributed by atoms with E-state index in [0.717, 1.165) is 0 Å². The fraction of sp³-hybridized carbons (Fsp3) is 0.889. The SMILES string of the molecule is CONC(=O)C1CCCC(C(F)(F)F)C1. The zero-order valence-corrected chi connectivity index (χ0v) is 8.43. The van der Waals surface area contributed by atoms with E-state index < -0.39 is 23.9 Å². The van der Waals surface area contributed by atoms with E-state index in [0.29, 0.717) is 12.8 Å². The van der Waals surface area contributed by atoms with E-state index in [1.807, 2.05) is 0 Å². The van der Waals surface area contributed by atoms with Crippen LogP contribution in [0.5, 0.6) is 0 Å². The van der Waals surface area contributed by atoms with Crippen LogP contribution < -0.4 is 5.48 Å². The number of alkyl halides is 3. The highest BCUT2D eigenvalue weighted by molar-refractivity contribution is 5.77. The molecule has 0 saturated heterocycles. The molecule has 1 amide bonds. The molecule has 1 aliphatic rings. The van der Waals surface area contributed by atoms with Gasteiger partial charge in [-0.25, -0.2) is 5.48 Å². The maximum absolute atomic E-state index is 12.4. The van der Waals surface area contributed by atoms with E-state index in [1.165, 1.54) is 7.11 Å². The normalized spacial score (nSPS) is 27.5. The Kier molecular flexibility index (Phi) is 3.96. The summed E-state index contributed by atoms with van der Waals surface area (Å²) in [4.78, 5) is 15.7. The standard InChI is InChI=1S/C9H14F3NO2/c1-15-13-8(14)6-3-2-4-7(5-6)9(10,11)12/h6-7H,2-5H2,1H3,(H,13,14). The largest absolute Gasteiger partial charge is 0.391 e. The highest BCUT2D eigenvalue weighted by Crippen LogP contribution is 2.39. The van der Waals surface area contributed by atoms with Crippen molar-refractivity contribution >= 4 is 5.91 Å². The van der Waals surface area contributed by atoms with Gasteiger partial charge in [0.1, 0.15) is 0 Å². The van der Waals surface area contributed by atoms with E-state index in [1.54, 1.807) is 0 Å². The summed E-state index contributed by atoms with van der Waals surface area (Å²) in [7, 11) is 1.27. The molecule has 1 rings (SSSR count).